The number of carbonyl (C=O) groups excluding carboxylic acids is 1. The maximum Gasteiger partial charge on any atom is 0.252 e. The Morgan fingerprint density at radius 1 is 1.19 bits per heavy atom. The lowest BCUT2D eigenvalue weighted by Gasteiger charge is -2.20. The fraction of sp³-hybridized carbons (Fsp3) is 0.250. The van der Waals surface area contributed by atoms with Gasteiger partial charge in [0.1, 0.15) is 6.54 Å². The van der Waals surface area contributed by atoms with Crippen LogP contribution in [0.15, 0.2) is 35.7 Å². The van der Waals surface area contributed by atoms with E-state index in [0.717, 1.165) is 5.69 Å². The third-order valence-electron chi connectivity index (χ3n) is 3.63. The van der Waals surface area contributed by atoms with Crippen molar-refractivity contribution in [2.24, 2.45) is 0 Å². The van der Waals surface area contributed by atoms with Gasteiger partial charge in [0.05, 0.1) is 12.2 Å². The number of benzene rings is 1. The van der Waals surface area contributed by atoms with Crippen molar-refractivity contribution in [3.05, 3.63) is 51.7 Å². The van der Waals surface area contributed by atoms with Gasteiger partial charge in [-0.2, -0.15) is 0 Å². The van der Waals surface area contributed by atoms with E-state index in [2.05, 4.69) is 18.4 Å². The third kappa shape index (κ3) is 2.71. The van der Waals surface area contributed by atoms with Crippen LogP contribution in [-0.2, 0) is 11.3 Å². The number of anilines is 1. The summed E-state index contributed by atoms with van der Waals surface area (Å²) in [5.41, 5.74) is 3.27. The number of thiocarbonyl (C=S) groups is 1. The first-order valence-corrected chi connectivity index (χ1v) is 8.06. The molecule has 2 aromatic rings. The van der Waals surface area contributed by atoms with Gasteiger partial charge in [-0.15, -0.1) is 11.3 Å². The number of hydrogen-bond donors (Lipinski definition) is 0. The zero-order valence-corrected chi connectivity index (χ0v) is 13.6. The second-order valence-corrected chi connectivity index (χ2v) is 6.60. The zero-order valence-electron chi connectivity index (χ0n) is 12.0. The van der Waals surface area contributed by atoms with Crippen molar-refractivity contribution < 1.29 is 4.79 Å². The lowest BCUT2D eigenvalue weighted by atomic mass is 10.2. The topological polar surface area (TPSA) is 23.6 Å². The van der Waals surface area contributed by atoms with Crippen molar-refractivity contribution in [1.82, 2.24) is 4.90 Å². The number of nitrogens with zero attached hydrogens (tertiary/aromatic N) is 2. The summed E-state index contributed by atoms with van der Waals surface area (Å²) in [6.45, 7) is 5.17. The highest BCUT2D eigenvalue weighted by Crippen LogP contribution is 2.25. The first-order chi connectivity index (χ1) is 10.1. The maximum atomic E-state index is 12.3. The van der Waals surface area contributed by atoms with E-state index < -0.39 is 0 Å². The van der Waals surface area contributed by atoms with Crippen LogP contribution in [0.4, 0.5) is 5.69 Å². The highest BCUT2D eigenvalue weighted by molar-refractivity contribution is 7.80. The zero-order chi connectivity index (χ0) is 15.0. The quantitative estimate of drug-likeness (QED) is 0.810. The van der Waals surface area contributed by atoms with Gasteiger partial charge >= 0.3 is 0 Å². The second-order valence-electron chi connectivity index (χ2n) is 5.23. The molecule has 0 bridgehead atoms. The summed E-state index contributed by atoms with van der Waals surface area (Å²) in [6.07, 6.45) is 0. The van der Waals surface area contributed by atoms with E-state index in [1.165, 1.54) is 16.0 Å². The van der Waals surface area contributed by atoms with Gasteiger partial charge in [0.15, 0.2) is 5.11 Å². The molecule has 3 nitrogen and oxygen atoms in total. The van der Waals surface area contributed by atoms with Gasteiger partial charge < -0.3 is 4.90 Å². The van der Waals surface area contributed by atoms with E-state index in [-0.39, 0.29) is 5.91 Å². The molecule has 1 aromatic heterocycles. The van der Waals surface area contributed by atoms with Crippen LogP contribution >= 0.6 is 23.6 Å². The summed E-state index contributed by atoms with van der Waals surface area (Å²) in [7, 11) is 0. The maximum absolute atomic E-state index is 12.3. The van der Waals surface area contributed by atoms with Gasteiger partial charge in [-0.05, 0) is 55.2 Å². The van der Waals surface area contributed by atoms with Crippen LogP contribution in [0, 0.1) is 13.8 Å². The minimum absolute atomic E-state index is 0.0399. The fourth-order valence-electron chi connectivity index (χ4n) is 2.36. The summed E-state index contributed by atoms with van der Waals surface area (Å²) in [6, 6.07) is 9.98. The van der Waals surface area contributed by atoms with Crippen LogP contribution in [0.5, 0.6) is 0 Å². The van der Waals surface area contributed by atoms with Gasteiger partial charge in [-0.3, -0.25) is 9.69 Å². The Morgan fingerprint density at radius 3 is 2.52 bits per heavy atom. The summed E-state index contributed by atoms with van der Waals surface area (Å²) in [4.78, 5) is 17.2. The summed E-state index contributed by atoms with van der Waals surface area (Å²) < 4.78 is 0. The molecule has 1 amide bonds. The molecule has 0 N–H and O–H groups in total. The molecule has 1 aliphatic rings. The van der Waals surface area contributed by atoms with E-state index in [1.807, 2.05) is 36.1 Å². The molecule has 0 aliphatic carbocycles. The predicted molar refractivity (Wildman–Crippen MR) is 90.7 cm³/mol. The van der Waals surface area contributed by atoms with Crippen LogP contribution in [0.1, 0.15) is 16.0 Å². The Balaban J connectivity index is 1.82. The average Bonchev–Trinajstić information content (AvgIpc) is 2.97. The van der Waals surface area contributed by atoms with Crippen molar-refractivity contribution in [1.29, 1.82) is 0 Å². The standard InChI is InChI=1S/C16H16N2OS2/c1-11-3-5-13(6-4-11)18-15(19)10-17(16(18)20)9-14-12(2)7-8-21-14/h3-8H,9-10H2,1-2H3. The number of hydrogen-bond acceptors (Lipinski definition) is 3. The van der Waals surface area contributed by atoms with Crippen LogP contribution < -0.4 is 4.90 Å². The molecule has 0 unspecified atom stereocenters. The lowest BCUT2D eigenvalue weighted by molar-refractivity contribution is -0.116. The molecule has 3 rings (SSSR count). The van der Waals surface area contributed by atoms with Gasteiger partial charge in [-0.25, -0.2) is 0 Å². The molecule has 1 fully saturated rings. The van der Waals surface area contributed by atoms with E-state index in [4.69, 9.17) is 12.2 Å². The highest BCUT2D eigenvalue weighted by Gasteiger charge is 2.34. The summed E-state index contributed by atoms with van der Waals surface area (Å²) >= 11 is 7.21. The SMILES string of the molecule is Cc1ccc(N2C(=O)CN(Cc3sccc3C)C2=S)cc1. The smallest absolute Gasteiger partial charge is 0.252 e. The first-order valence-electron chi connectivity index (χ1n) is 6.78. The third-order valence-corrected chi connectivity index (χ3v) is 5.08. The van der Waals surface area contributed by atoms with E-state index in [9.17, 15) is 4.79 Å². The Morgan fingerprint density at radius 2 is 1.90 bits per heavy atom. The van der Waals surface area contributed by atoms with Crippen molar-refractivity contribution in [2.75, 3.05) is 11.4 Å². The first kappa shape index (κ1) is 14.2. The van der Waals surface area contributed by atoms with Crippen LogP contribution in [0.2, 0.25) is 0 Å². The normalized spacial score (nSPS) is 15.1. The van der Waals surface area contributed by atoms with Crippen molar-refractivity contribution in [3.8, 4) is 0 Å². The molecule has 1 aromatic carbocycles. The summed E-state index contributed by atoms with van der Waals surface area (Å²) in [5.74, 6) is 0.0399. The largest absolute Gasteiger partial charge is 0.334 e. The molecule has 0 spiro atoms. The number of carbonyl (C=O) groups is 1. The molecule has 0 atom stereocenters. The average molecular weight is 316 g/mol. The Bertz CT molecular complexity index is 691. The number of rotatable bonds is 3. The van der Waals surface area contributed by atoms with Gasteiger partial charge in [0.2, 0.25) is 0 Å². The van der Waals surface area contributed by atoms with Gasteiger partial charge in [0, 0.05) is 4.88 Å². The second kappa shape index (κ2) is 5.58. The molecule has 1 aliphatic heterocycles. The molecule has 0 saturated carbocycles. The van der Waals surface area contributed by atoms with E-state index in [0.29, 0.717) is 18.2 Å². The highest BCUT2D eigenvalue weighted by atomic mass is 32.1. The minimum Gasteiger partial charge on any atom is -0.334 e. The van der Waals surface area contributed by atoms with Gasteiger partial charge in [-0.1, -0.05) is 17.7 Å². The molecule has 5 heteroatoms. The monoisotopic (exact) mass is 316 g/mol. The van der Waals surface area contributed by atoms with Crippen molar-refractivity contribution in [2.45, 2.75) is 20.4 Å². The molecular formula is C16H16N2OS2. The Hall–Kier alpha value is -1.72. The molecular weight excluding hydrogens is 300 g/mol. The molecule has 21 heavy (non-hydrogen) atoms. The van der Waals surface area contributed by atoms with Crippen LogP contribution in [0.25, 0.3) is 0 Å². The molecule has 1 saturated heterocycles. The summed E-state index contributed by atoms with van der Waals surface area (Å²) in [5, 5.41) is 2.67. The number of aryl methyl sites for hydroxylation is 2. The molecule has 0 radical (unpaired) electrons. The van der Waals surface area contributed by atoms with Crippen molar-refractivity contribution >= 4 is 40.3 Å². The van der Waals surface area contributed by atoms with E-state index in [1.54, 1.807) is 16.2 Å². The Kier molecular flexibility index (Phi) is 3.78. The van der Waals surface area contributed by atoms with Gasteiger partial charge in [0.25, 0.3) is 5.91 Å². The van der Waals surface area contributed by atoms with E-state index >= 15 is 0 Å². The predicted octanol–water partition coefficient (Wildman–Crippen LogP) is 3.50. The minimum atomic E-state index is 0.0399. The molecule has 2 heterocycles. The van der Waals surface area contributed by atoms with Crippen LogP contribution in [0.3, 0.4) is 0 Å². The number of amides is 1. The van der Waals surface area contributed by atoms with Crippen LogP contribution in [-0.4, -0.2) is 22.5 Å². The Labute approximate surface area is 133 Å². The lowest BCUT2D eigenvalue weighted by Crippen LogP contribution is -2.32. The van der Waals surface area contributed by atoms with Crippen molar-refractivity contribution in [3.63, 3.8) is 0 Å². The number of thiophene rings is 1. The fourth-order valence-corrected chi connectivity index (χ4v) is 3.62. The molecule has 108 valence electrons.